The molecule has 1 saturated heterocycles. The molecule has 0 spiro atoms. The molecule has 7 nitrogen and oxygen atoms in total. The smallest absolute Gasteiger partial charge is 0.307 e. The molecule has 1 aliphatic heterocycles. The zero-order chi connectivity index (χ0) is 27.7. The van der Waals surface area contributed by atoms with Crippen LogP contribution in [-0.2, 0) is 15.0 Å². The summed E-state index contributed by atoms with van der Waals surface area (Å²) in [6, 6.07) is 32.5. The zero-order valence-electron chi connectivity index (χ0n) is 21.7. The second kappa shape index (κ2) is 8.60. The zero-order valence-corrected chi connectivity index (χ0v) is 21.7. The number of nitrogens with zero attached hydrogens (tertiary/aromatic N) is 2. The minimum Gasteiger partial charge on any atom is -0.459 e. The highest BCUT2D eigenvalue weighted by atomic mass is 16.3. The highest BCUT2D eigenvalue weighted by molar-refractivity contribution is 6.27. The van der Waals surface area contributed by atoms with Gasteiger partial charge in [0.25, 0.3) is 0 Å². The van der Waals surface area contributed by atoms with Crippen LogP contribution in [0.5, 0.6) is 0 Å². The molecule has 0 unspecified atom stereocenters. The van der Waals surface area contributed by atoms with Crippen LogP contribution in [0.4, 0.5) is 5.69 Å². The van der Waals surface area contributed by atoms with E-state index in [1.54, 1.807) is 18.3 Å². The van der Waals surface area contributed by atoms with Gasteiger partial charge in [-0.1, -0.05) is 84.9 Å². The summed E-state index contributed by atoms with van der Waals surface area (Å²) in [6.07, 6.45) is 3.07. The predicted molar refractivity (Wildman–Crippen MR) is 154 cm³/mol. The fourth-order valence-electron chi connectivity index (χ4n) is 7.35. The Labute approximate surface area is 235 Å². The highest BCUT2D eigenvalue weighted by Crippen LogP contribution is 2.63. The molecule has 1 N–H and O–H groups in total. The molecule has 41 heavy (non-hydrogen) atoms. The second-order valence-electron chi connectivity index (χ2n) is 10.7. The van der Waals surface area contributed by atoms with Gasteiger partial charge >= 0.3 is 5.91 Å². The lowest BCUT2D eigenvalue weighted by atomic mass is 9.47. The van der Waals surface area contributed by atoms with E-state index in [0.29, 0.717) is 5.69 Å². The maximum Gasteiger partial charge on any atom is 0.307 e. The Bertz CT molecular complexity index is 1870. The van der Waals surface area contributed by atoms with E-state index >= 15 is 0 Å². The van der Waals surface area contributed by atoms with E-state index in [1.807, 2.05) is 91.0 Å². The molecule has 2 bridgehead atoms. The third-order valence-electron chi connectivity index (χ3n) is 8.87. The van der Waals surface area contributed by atoms with Crippen LogP contribution in [0.1, 0.15) is 38.7 Å². The summed E-state index contributed by atoms with van der Waals surface area (Å²) in [5.74, 6) is -2.52. The van der Waals surface area contributed by atoms with E-state index < -0.39 is 23.2 Å². The molecular formula is C34H23N3O4. The van der Waals surface area contributed by atoms with Crippen molar-refractivity contribution in [1.29, 1.82) is 0 Å². The van der Waals surface area contributed by atoms with Gasteiger partial charge in [-0.05, 0) is 45.8 Å². The predicted octanol–water partition coefficient (Wildman–Crippen LogP) is 5.40. The van der Waals surface area contributed by atoms with Crippen molar-refractivity contribution in [3.8, 4) is 0 Å². The van der Waals surface area contributed by atoms with Crippen molar-refractivity contribution in [1.82, 2.24) is 5.43 Å². The summed E-state index contributed by atoms with van der Waals surface area (Å²) < 4.78 is 5.22. The summed E-state index contributed by atoms with van der Waals surface area (Å²) >= 11 is 0. The molecule has 4 aromatic carbocycles. The molecule has 4 aliphatic rings. The van der Waals surface area contributed by atoms with Crippen LogP contribution >= 0.6 is 0 Å². The van der Waals surface area contributed by atoms with Crippen molar-refractivity contribution in [2.75, 3.05) is 4.90 Å². The van der Waals surface area contributed by atoms with Crippen LogP contribution in [0.3, 0.4) is 0 Å². The first-order valence-electron chi connectivity index (χ1n) is 13.5. The van der Waals surface area contributed by atoms with Gasteiger partial charge in [0.2, 0.25) is 11.8 Å². The Hall–Kier alpha value is -5.30. The Morgan fingerprint density at radius 3 is 2.22 bits per heavy atom. The van der Waals surface area contributed by atoms with Gasteiger partial charge in [0.1, 0.15) is 0 Å². The number of amides is 3. The molecule has 1 aromatic heterocycles. The summed E-state index contributed by atoms with van der Waals surface area (Å²) in [7, 11) is 0. The first-order valence-corrected chi connectivity index (χ1v) is 13.5. The fourth-order valence-corrected chi connectivity index (χ4v) is 7.35. The Morgan fingerprint density at radius 1 is 0.805 bits per heavy atom. The molecule has 1 fully saturated rings. The number of carbonyl (C=O) groups excluding carboxylic acids is 3. The normalized spacial score (nSPS) is 24.0. The van der Waals surface area contributed by atoms with E-state index in [0.717, 1.165) is 33.0 Å². The van der Waals surface area contributed by atoms with Crippen LogP contribution in [0, 0.1) is 11.8 Å². The minimum absolute atomic E-state index is 0.125. The average Bonchev–Trinajstić information content (AvgIpc) is 3.65. The van der Waals surface area contributed by atoms with E-state index in [2.05, 4.69) is 10.5 Å². The number of furan rings is 1. The van der Waals surface area contributed by atoms with Crippen LogP contribution in [0.25, 0.3) is 10.8 Å². The number of rotatable bonds is 4. The largest absolute Gasteiger partial charge is 0.459 e. The number of imide groups is 1. The maximum atomic E-state index is 14.6. The summed E-state index contributed by atoms with van der Waals surface area (Å²) in [5.41, 5.74) is 5.91. The van der Waals surface area contributed by atoms with Gasteiger partial charge in [-0.3, -0.25) is 14.4 Å². The Morgan fingerprint density at radius 2 is 1.49 bits per heavy atom. The first kappa shape index (κ1) is 23.6. The van der Waals surface area contributed by atoms with Gasteiger partial charge in [-0.15, -0.1) is 0 Å². The topological polar surface area (TPSA) is 92.0 Å². The van der Waals surface area contributed by atoms with Crippen molar-refractivity contribution in [2.24, 2.45) is 16.9 Å². The monoisotopic (exact) mass is 537 g/mol. The number of hydrogen-bond donors (Lipinski definition) is 1. The van der Waals surface area contributed by atoms with Crippen LogP contribution in [0.2, 0.25) is 0 Å². The van der Waals surface area contributed by atoms with Gasteiger partial charge in [-0.2, -0.15) is 5.10 Å². The lowest BCUT2D eigenvalue weighted by molar-refractivity contribution is -0.122. The number of fused-ring (bicyclic) bond motifs is 1. The van der Waals surface area contributed by atoms with Crippen molar-refractivity contribution >= 4 is 40.4 Å². The van der Waals surface area contributed by atoms with Crippen molar-refractivity contribution in [2.45, 2.75) is 11.3 Å². The van der Waals surface area contributed by atoms with Crippen LogP contribution < -0.4 is 10.3 Å². The number of nitrogens with one attached hydrogen (secondary N) is 1. The van der Waals surface area contributed by atoms with E-state index in [1.165, 1.54) is 11.2 Å². The Kier molecular flexibility index (Phi) is 4.94. The average molecular weight is 538 g/mol. The number of hydrazone groups is 1. The molecule has 198 valence electrons. The molecule has 2 atom stereocenters. The SMILES string of the molecule is O=C(N/N=C\C12c3ccccc3C(c3ccccc31)[C@H]1C(=O)N(c3cccc4ccccc34)C(=O)[C@H]12)c1ccco1. The van der Waals surface area contributed by atoms with E-state index in [9.17, 15) is 14.4 Å². The summed E-state index contributed by atoms with van der Waals surface area (Å²) in [5, 5.41) is 6.21. The van der Waals surface area contributed by atoms with Gasteiger partial charge in [0, 0.05) is 17.5 Å². The summed E-state index contributed by atoms with van der Waals surface area (Å²) in [6.45, 7) is 0. The second-order valence-corrected chi connectivity index (χ2v) is 10.7. The van der Waals surface area contributed by atoms with Gasteiger partial charge < -0.3 is 4.42 Å². The summed E-state index contributed by atoms with van der Waals surface area (Å²) in [4.78, 5) is 43.2. The van der Waals surface area contributed by atoms with Crippen molar-refractivity contribution in [3.05, 3.63) is 137 Å². The maximum absolute atomic E-state index is 14.6. The molecule has 2 heterocycles. The highest BCUT2D eigenvalue weighted by Gasteiger charge is 2.68. The van der Waals surface area contributed by atoms with Gasteiger partial charge in [0.05, 0.1) is 29.2 Å². The molecule has 0 radical (unpaired) electrons. The molecule has 7 heteroatoms. The molecular weight excluding hydrogens is 514 g/mol. The third kappa shape index (κ3) is 3.08. The van der Waals surface area contributed by atoms with Crippen LogP contribution in [-0.4, -0.2) is 23.9 Å². The van der Waals surface area contributed by atoms with Gasteiger partial charge in [-0.25, -0.2) is 10.3 Å². The molecule has 0 saturated carbocycles. The van der Waals surface area contributed by atoms with E-state index in [4.69, 9.17) is 4.42 Å². The molecule has 3 aliphatic carbocycles. The van der Waals surface area contributed by atoms with Crippen LogP contribution in [0.15, 0.2) is 119 Å². The minimum atomic E-state index is -1.07. The molecule has 5 aromatic rings. The number of benzene rings is 4. The lowest BCUT2D eigenvalue weighted by Gasteiger charge is -2.52. The quantitative estimate of drug-likeness (QED) is 0.189. The van der Waals surface area contributed by atoms with Gasteiger partial charge in [0.15, 0.2) is 5.76 Å². The third-order valence-corrected chi connectivity index (χ3v) is 8.87. The van der Waals surface area contributed by atoms with Crippen molar-refractivity contribution < 1.29 is 18.8 Å². The number of carbonyl (C=O) groups is 3. The fraction of sp³-hybridized carbons (Fsp3) is 0.118. The van der Waals surface area contributed by atoms with E-state index in [-0.39, 0.29) is 23.5 Å². The Balaban J connectivity index is 1.34. The number of hydrogen-bond acceptors (Lipinski definition) is 5. The number of anilines is 1. The molecule has 3 amide bonds. The standard InChI is InChI=1S/C34H23N3O4/c38-31(27-17-8-18-41-27)36-35-19-34-24-14-5-3-12-22(24)28(23-13-4-6-15-25(23)34)29-30(34)33(40)37(32(29)39)26-16-7-10-20-9-1-2-11-21(20)26/h1-19,28-30H,(H,36,38)/b35-19-/t28?,29-,30+,34?/m1/s1. The lowest BCUT2D eigenvalue weighted by Crippen LogP contribution is -2.54. The molecule has 9 rings (SSSR count). The first-order chi connectivity index (χ1) is 20.1. The van der Waals surface area contributed by atoms with Crippen molar-refractivity contribution in [3.63, 3.8) is 0 Å².